The highest BCUT2D eigenvalue weighted by Gasteiger charge is 2.32. The first-order valence-electron chi connectivity index (χ1n) is 9.14. The summed E-state index contributed by atoms with van der Waals surface area (Å²) in [6.07, 6.45) is 0. The molecule has 0 spiro atoms. The number of ether oxygens (including phenoxy) is 1. The Bertz CT molecular complexity index is 1140. The van der Waals surface area contributed by atoms with Crippen molar-refractivity contribution in [3.05, 3.63) is 82.9 Å². The van der Waals surface area contributed by atoms with Gasteiger partial charge in [-0.3, -0.25) is 4.79 Å². The molecule has 0 bridgehead atoms. The Balaban J connectivity index is 1.54. The fraction of sp³-hybridized carbons (Fsp3) is 0.130. The molecule has 0 saturated carbocycles. The summed E-state index contributed by atoms with van der Waals surface area (Å²) in [6, 6.07) is 19.6. The first-order valence-corrected chi connectivity index (χ1v) is 9.96. The first-order chi connectivity index (χ1) is 13.6. The lowest BCUT2D eigenvalue weighted by Crippen LogP contribution is -2.24. The van der Waals surface area contributed by atoms with Crippen molar-refractivity contribution in [3.63, 3.8) is 0 Å². The van der Waals surface area contributed by atoms with Gasteiger partial charge in [0.25, 0.3) is 0 Å². The number of fused-ring (bicyclic) bond motifs is 3. The Morgan fingerprint density at radius 2 is 1.57 bits per heavy atom. The molecule has 1 aliphatic heterocycles. The molecule has 0 saturated heterocycles. The normalized spacial score (nSPS) is 12.9. The van der Waals surface area contributed by atoms with E-state index in [1.165, 1.54) is 22.5 Å². The standard InChI is InChI=1S/C23H18N2O2S/c1-13-11-17-20(12-14(13)2)28-23(24-17)25-22(26)21-15-7-3-5-9-18(15)27-19-10-6-4-8-16(19)21/h3-12,21H,1-2H3,(H,24,25,26). The van der Waals surface area contributed by atoms with Crippen LogP contribution in [0.25, 0.3) is 10.2 Å². The molecule has 5 heteroatoms. The van der Waals surface area contributed by atoms with Crippen LogP contribution >= 0.6 is 11.3 Å². The highest BCUT2D eigenvalue weighted by atomic mass is 32.1. The summed E-state index contributed by atoms with van der Waals surface area (Å²) in [5.41, 5.74) is 5.07. The van der Waals surface area contributed by atoms with Gasteiger partial charge in [0.05, 0.1) is 16.1 Å². The fourth-order valence-electron chi connectivity index (χ4n) is 3.60. The molecule has 1 amide bonds. The maximum atomic E-state index is 13.3. The van der Waals surface area contributed by atoms with Gasteiger partial charge in [0.1, 0.15) is 11.5 Å². The molecule has 0 unspecified atom stereocenters. The highest BCUT2D eigenvalue weighted by Crippen LogP contribution is 2.44. The molecule has 1 aromatic heterocycles. The number of amides is 1. The lowest BCUT2D eigenvalue weighted by Gasteiger charge is -2.27. The second kappa shape index (κ2) is 6.46. The second-order valence-electron chi connectivity index (χ2n) is 7.02. The van der Waals surface area contributed by atoms with Crippen molar-refractivity contribution in [1.82, 2.24) is 4.98 Å². The third-order valence-corrected chi connectivity index (χ3v) is 6.11. The number of thiazole rings is 1. The topological polar surface area (TPSA) is 51.2 Å². The Morgan fingerprint density at radius 3 is 2.25 bits per heavy atom. The molecular weight excluding hydrogens is 368 g/mol. The molecule has 0 radical (unpaired) electrons. The Hall–Kier alpha value is -3.18. The van der Waals surface area contributed by atoms with Crippen LogP contribution in [0, 0.1) is 13.8 Å². The smallest absolute Gasteiger partial charge is 0.238 e. The molecule has 4 nitrogen and oxygen atoms in total. The third kappa shape index (κ3) is 2.75. The Labute approximate surface area is 166 Å². The van der Waals surface area contributed by atoms with Crippen LogP contribution in [0.15, 0.2) is 60.7 Å². The minimum atomic E-state index is -0.434. The quantitative estimate of drug-likeness (QED) is 0.474. The number of nitrogens with zero attached hydrogens (tertiary/aromatic N) is 1. The molecule has 5 rings (SSSR count). The van der Waals surface area contributed by atoms with Gasteiger partial charge in [-0.25, -0.2) is 4.98 Å². The zero-order valence-corrected chi connectivity index (χ0v) is 16.3. The van der Waals surface area contributed by atoms with Crippen LogP contribution in [-0.4, -0.2) is 10.9 Å². The molecule has 2 heterocycles. The van der Waals surface area contributed by atoms with Crippen molar-refractivity contribution in [1.29, 1.82) is 0 Å². The van der Waals surface area contributed by atoms with Gasteiger partial charge in [0.15, 0.2) is 5.13 Å². The van der Waals surface area contributed by atoms with Gasteiger partial charge in [-0.15, -0.1) is 0 Å². The summed E-state index contributed by atoms with van der Waals surface area (Å²) >= 11 is 1.50. The minimum Gasteiger partial charge on any atom is -0.457 e. The van der Waals surface area contributed by atoms with Crippen molar-refractivity contribution in [2.75, 3.05) is 5.32 Å². The van der Waals surface area contributed by atoms with Gasteiger partial charge >= 0.3 is 0 Å². The molecular formula is C23H18N2O2S. The number of carbonyl (C=O) groups is 1. The number of anilines is 1. The molecule has 3 aromatic carbocycles. The first kappa shape index (κ1) is 17.0. The van der Waals surface area contributed by atoms with E-state index in [1.54, 1.807) is 0 Å². The maximum absolute atomic E-state index is 13.3. The third-order valence-electron chi connectivity index (χ3n) is 5.18. The molecule has 1 aliphatic rings. The van der Waals surface area contributed by atoms with E-state index in [0.29, 0.717) is 5.13 Å². The number of hydrogen-bond acceptors (Lipinski definition) is 4. The van der Waals surface area contributed by atoms with Gasteiger partial charge in [-0.1, -0.05) is 47.7 Å². The average Bonchev–Trinajstić information content (AvgIpc) is 3.07. The van der Waals surface area contributed by atoms with E-state index in [2.05, 4.69) is 36.3 Å². The van der Waals surface area contributed by atoms with E-state index < -0.39 is 5.92 Å². The summed E-state index contributed by atoms with van der Waals surface area (Å²) in [5.74, 6) is 0.904. The molecule has 28 heavy (non-hydrogen) atoms. The van der Waals surface area contributed by atoms with Crippen LogP contribution in [0.3, 0.4) is 0 Å². The number of para-hydroxylation sites is 2. The van der Waals surface area contributed by atoms with Gasteiger partial charge < -0.3 is 10.1 Å². The van der Waals surface area contributed by atoms with Crippen LogP contribution < -0.4 is 10.1 Å². The molecule has 138 valence electrons. The number of aryl methyl sites for hydroxylation is 2. The average molecular weight is 386 g/mol. The Kier molecular flexibility index (Phi) is 3.91. The lowest BCUT2D eigenvalue weighted by molar-refractivity contribution is -0.116. The number of benzene rings is 3. The number of rotatable bonds is 2. The van der Waals surface area contributed by atoms with Crippen LogP contribution in [0.5, 0.6) is 11.5 Å². The SMILES string of the molecule is Cc1cc2nc(NC(=O)C3c4ccccc4Oc4ccccc43)sc2cc1C. The molecule has 0 fully saturated rings. The number of carbonyl (C=O) groups excluding carboxylic acids is 1. The van der Waals surface area contributed by atoms with Crippen LogP contribution in [0.4, 0.5) is 5.13 Å². The largest absolute Gasteiger partial charge is 0.457 e. The van der Waals surface area contributed by atoms with Crippen LogP contribution in [0.1, 0.15) is 28.2 Å². The van der Waals surface area contributed by atoms with Gasteiger partial charge in [0.2, 0.25) is 5.91 Å². The summed E-state index contributed by atoms with van der Waals surface area (Å²) in [6.45, 7) is 4.16. The lowest BCUT2D eigenvalue weighted by atomic mass is 9.87. The summed E-state index contributed by atoms with van der Waals surface area (Å²) in [5, 5.41) is 3.65. The van der Waals surface area contributed by atoms with E-state index in [4.69, 9.17) is 4.74 Å². The fourth-order valence-corrected chi connectivity index (χ4v) is 4.55. The molecule has 1 N–H and O–H groups in total. The monoisotopic (exact) mass is 386 g/mol. The van der Waals surface area contributed by atoms with Gasteiger partial charge in [-0.2, -0.15) is 0 Å². The molecule has 4 aromatic rings. The predicted octanol–water partition coefficient (Wildman–Crippen LogP) is 5.79. The van der Waals surface area contributed by atoms with Crippen LogP contribution in [0.2, 0.25) is 0 Å². The zero-order valence-electron chi connectivity index (χ0n) is 15.5. The van der Waals surface area contributed by atoms with E-state index in [0.717, 1.165) is 32.8 Å². The van der Waals surface area contributed by atoms with E-state index in [9.17, 15) is 4.79 Å². The van der Waals surface area contributed by atoms with Crippen LogP contribution in [-0.2, 0) is 4.79 Å². The number of nitrogens with one attached hydrogen (secondary N) is 1. The van der Waals surface area contributed by atoms with Crippen molar-refractivity contribution in [3.8, 4) is 11.5 Å². The summed E-state index contributed by atoms with van der Waals surface area (Å²) < 4.78 is 7.06. The van der Waals surface area contributed by atoms with Gasteiger partial charge in [-0.05, 0) is 49.2 Å². The van der Waals surface area contributed by atoms with E-state index in [1.807, 2.05) is 48.5 Å². The summed E-state index contributed by atoms with van der Waals surface area (Å²) in [4.78, 5) is 17.9. The highest BCUT2D eigenvalue weighted by molar-refractivity contribution is 7.22. The van der Waals surface area contributed by atoms with Crippen molar-refractivity contribution in [2.45, 2.75) is 19.8 Å². The second-order valence-corrected chi connectivity index (χ2v) is 8.05. The maximum Gasteiger partial charge on any atom is 0.238 e. The van der Waals surface area contributed by atoms with E-state index >= 15 is 0 Å². The summed E-state index contributed by atoms with van der Waals surface area (Å²) in [7, 11) is 0. The Morgan fingerprint density at radius 1 is 0.964 bits per heavy atom. The van der Waals surface area contributed by atoms with Crippen molar-refractivity contribution in [2.24, 2.45) is 0 Å². The minimum absolute atomic E-state index is 0.101. The number of aromatic nitrogens is 1. The van der Waals surface area contributed by atoms with Crippen molar-refractivity contribution < 1.29 is 9.53 Å². The molecule has 0 aliphatic carbocycles. The predicted molar refractivity (Wildman–Crippen MR) is 113 cm³/mol. The zero-order chi connectivity index (χ0) is 19.3. The van der Waals surface area contributed by atoms with Crippen molar-refractivity contribution >= 4 is 32.6 Å². The van der Waals surface area contributed by atoms with Gasteiger partial charge in [0, 0.05) is 11.1 Å². The molecule has 0 atom stereocenters. The number of hydrogen-bond donors (Lipinski definition) is 1. The van der Waals surface area contributed by atoms with E-state index in [-0.39, 0.29) is 5.91 Å².